The molecule has 0 bridgehead atoms. The number of aromatic nitrogens is 3. The summed E-state index contributed by atoms with van der Waals surface area (Å²) in [4.78, 5) is 9.02. The molecule has 328 valence electrons. The summed E-state index contributed by atoms with van der Waals surface area (Å²) < 4.78 is 2.37. The van der Waals surface area contributed by atoms with Gasteiger partial charge in [-0.05, 0) is 133 Å². The van der Waals surface area contributed by atoms with Crippen molar-refractivity contribution in [3.63, 3.8) is 0 Å². The highest BCUT2D eigenvalue weighted by molar-refractivity contribution is 6.20. The molecular formula is C63H56N4. The highest BCUT2D eigenvalue weighted by Crippen LogP contribution is 2.41. The van der Waals surface area contributed by atoms with Crippen molar-refractivity contribution in [1.29, 1.82) is 0 Å². The van der Waals surface area contributed by atoms with E-state index in [-0.39, 0.29) is 0 Å². The molecule has 0 saturated heterocycles. The first kappa shape index (κ1) is 42.0. The molecule has 11 rings (SSSR count). The van der Waals surface area contributed by atoms with Gasteiger partial charge >= 0.3 is 0 Å². The summed E-state index contributed by atoms with van der Waals surface area (Å²) >= 11 is 0. The highest BCUT2D eigenvalue weighted by atomic mass is 15.1. The third-order valence-electron chi connectivity index (χ3n) is 13.7. The van der Waals surface area contributed by atoms with E-state index in [1.54, 1.807) is 0 Å². The van der Waals surface area contributed by atoms with E-state index in [9.17, 15) is 0 Å². The standard InChI is InChI=1S/C63H56N4/c1-39(2)45-36-55(40(3)4)62(56(37-45)41(5)6)44-31-32-64-61(38-44)67-59-28-14-12-24-52(59)53-30-29-43(35-60(53)67)33-42-17-15-18-46(34-42)65-58-27-16-25-54-50-22-10-8-20-48(50)47-19-7-9-21-49(47)51-23-11-13-26-57(51)66-63(54)58/h7-32,34-41,65-66H,33H2,1-6H3. The summed E-state index contributed by atoms with van der Waals surface area (Å²) in [6, 6.07) is 66.7. The Bertz CT molecular complexity index is 3720. The van der Waals surface area contributed by atoms with Crippen LogP contribution in [0.15, 0.2) is 188 Å². The Kier molecular flexibility index (Phi) is 10.8. The summed E-state index contributed by atoms with van der Waals surface area (Å²) in [6.45, 7) is 13.9. The van der Waals surface area contributed by atoms with Crippen LogP contribution in [-0.2, 0) is 6.42 Å². The van der Waals surface area contributed by atoms with Crippen molar-refractivity contribution in [3.05, 3.63) is 216 Å². The van der Waals surface area contributed by atoms with E-state index < -0.39 is 0 Å². The number of fused-ring (bicyclic) bond motifs is 10. The van der Waals surface area contributed by atoms with Crippen LogP contribution in [0.25, 0.3) is 82.1 Å². The van der Waals surface area contributed by atoms with Crippen LogP contribution in [0.1, 0.15) is 87.1 Å². The molecule has 0 unspecified atom stereocenters. The average molecular weight is 869 g/mol. The molecule has 0 aliphatic carbocycles. The Balaban J connectivity index is 0.995. The average Bonchev–Trinajstić information content (AvgIpc) is 3.69. The van der Waals surface area contributed by atoms with E-state index in [0.29, 0.717) is 17.8 Å². The summed E-state index contributed by atoms with van der Waals surface area (Å²) in [6.07, 6.45) is 2.78. The molecule has 4 heteroatoms. The van der Waals surface area contributed by atoms with Crippen LogP contribution in [-0.4, -0.2) is 14.5 Å². The first-order valence-electron chi connectivity index (χ1n) is 23.9. The number of benzene rings is 8. The van der Waals surface area contributed by atoms with Gasteiger partial charge in [0.2, 0.25) is 0 Å². The zero-order valence-corrected chi connectivity index (χ0v) is 39.2. The molecule has 0 radical (unpaired) electrons. The van der Waals surface area contributed by atoms with Gasteiger partial charge in [0.1, 0.15) is 5.82 Å². The minimum Gasteiger partial charge on any atom is -0.354 e. The number of para-hydroxylation sites is 3. The third kappa shape index (κ3) is 7.67. The lowest BCUT2D eigenvalue weighted by molar-refractivity contribution is 0.807. The van der Waals surface area contributed by atoms with Gasteiger partial charge in [0, 0.05) is 38.9 Å². The molecule has 8 aromatic carbocycles. The van der Waals surface area contributed by atoms with E-state index in [2.05, 4.69) is 238 Å². The minimum atomic E-state index is 0.384. The first-order chi connectivity index (χ1) is 32.7. The van der Waals surface area contributed by atoms with Crippen molar-refractivity contribution in [2.45, 2.75) is 65.7 Å². The second-order valence-electron chi connectivity index (χ2n) is 19.1. The molecule has 3 aromatic heterocycles. The van der Waals surface area contributed by atoms with E-state index in [4.69, 9.17) is 4.98 Å². The number of hydrogen-bond donors (Lipinski definition) is 2. The minimum absolute atomic E-state index is 0.384. The van der Waals surface area contributed by atoms with Gasteiger partial charge in [-0.3, -0.25) is 4.57 Å². The number of aromatic amines is 1. The van der Waals surface area contributed by atoms with Gasteiger partial charge in [-0.2, -0.15) is 0 Å². The van der Waals surface area contributed by atoms with Crippen molar-refractivity contribution in [2.75, 3.05) is 5.32 Å². The Morgan fingerprint density at radius 2 is 1.06 bits per heavy atom. The number of H-pyrrole nitrogens is 1. The summed E-state index contributed by atoms with van der Waals surface area (Å²) in [5.74, 6) is 2.16. The van der Waals surface area contributed by atoms with Gasteiger partial charge in [0.05, 0.1) is 22.2 Å². The summed E-state index contributed by atoms with van der Waals surface area (Å²) in [5, 5.41) is 13.5. The van der Waals surface area contributed by atoms with Crippen molar-refractivity contribution < 1.29 is 0 Å². The smallest absolute Gasteiger partial charge is 0.138 e. The highest BCUT2D eigenvalue weighted by Gasteiger charge is 2.21. The topological polar surface area (TPSA) is 45.6 Å². The largest absolute Gasteiger partial charge is 0.354 e. The Hall–Kier alpha value is -7.69. The van der Waals surface area contributed by atoms with Gasteiger partial charge in [-0.25, -0.2) is 4.98 Å². The zero-order valence-electron chi connectivity index (χ0n) is 39.2. The maximum absolute atomic E-state index is 5.10. The monoisotopic (exact) mass is 868 g/mol. The van der Waals surface area contributed by atoms with Gasteiger partial charge in [0.15, 0.2) is 0 Å². The van der Waals surface area contributed by atoms with E-state index in [0.717, 1.165) is 51.1 Å². The van der Waals surface area contributed by atoms with Crippen LogP contribution in [0.3, 0.4) is 0 Å². The normalized spacial score (nSPS) is 11.9. The van der Waals surface area contributed by atoms with Crippen LogP contribution >= 0.6 is 0 Å². The number of anilines is 2. The number of nitrogens with one attached hydrogen (secondary N) is 2. The predicted molar refractivity (Wildman–Crippen MR) is 287 cm³/mol. The number of nitrogens with zero attached hydrogens (tertiary/aromatic N) is 2. The lowest BCUT2D eigenvalue weighted by Crippen LogP contribution is -2.05. The lowest BCUT2D eigenvalue weighted by Gasteiger charge is -2.23. The van der Waals surface area contributed by atoms with E-state index in [1.165, 1.54) is 76.6 Å². The molecule has 2 N–H and O–H groups in total. The van der Waals surface area contributed by atoms with Gasteiger partial charge in [0.25, 0.3) is 0 Å². The zero-order chi connectivity index (χ0) is 45.8. The molecule has 0 fully saturated rings. The van der Waals surface area contributed by atoms with E-state index in [1.807, 2.05) is 6.20 Å². The second-order valence-corrected chi connectivity index (χ2v) is 19.1. The Morgan fingerprint density at radius 1 is 0.478 bits per heavy atom. The summed E-state index contributed by atoms with van der Waals surface area (Å²) in [5.41, 5.74) is 15.7. The SMILES string of the molecule is CC(C)c1cc(C(C)C)c(-c2ccnc(-n3c4ccccc4c4ccc(Cc5cccc(Nc6cccc7c6[nH]c6ccccc6c6ccccc6c6ccccc76)c5)cc43)c2)c(C(C)C)c1. The molecular weight excluding hydrogens is 813 g/mol. The molecule has 0 amide bonds. The molecule has 3 heterocycles. The number of pyridine rings is 1. The quantitative estimate of drug-likeness (QED) is 0.152. The fourth-order valence-electron chi connectivity index (χ4n) is 10.4. The molecule has 11 aromatic rings. The van der Waals surface area contributed by atoms with Crippen LogP contribution in [0, 0.1) is 0 Å². The Morgan fingerprint density at radius 3 is 1.76 bits per heavy atom. The molecule has 0 aliphatic rings. The molecule has 67 heavy (non-hydrogen) atoms. The van der Waals surface area contributed by atoms with Crippen LogP contribution in [0.4, 0.5) is 11.4 Å². The molecule has 0 aliphatic heterocycles. The van der Waals surface area contributed by atoms with Crippen molar-refractivity contribution in [3.8, 4) is 16.9 Å². The summed E-state index contributed by atoms with van der Waals surface area (Å²) in [7, 11) is 0. The maximum Gasteiger partial charge on any atom is 0.138 e. The second kappa shape index (κ2) is 17.3. The molecule has 0 spiro atoms. The van der Waals surface area contributed by atoms with Gasteiger partial charge < -0.3 is 10.3 Å². The van der Waals surface area contributed by atoms with Crippen LogP contribution in [0.2, 0.25) is 0 Å². The number of hydrogen-bond acceptors (Lipinski definition) is 2. The number of rotatable bonds is 9. The van der Waals surface area contributed by atoms with Gasteiger partial charge in [-0.15, -0.1) is 0 Å². The third-order valence-corrected chi connectivity index (χ3v) is 13.7. The van der Waals surface area contributed by atoms with Crippen molar-refractivity contribution in [1.82, 2.24) is 14.5 Å². The molecule has 0 saturated carbocycles. The molecule has 4 nitrogen and oxygen atoms in total. The van der Waals surface area contributed by atoms with Crippen LogP contribution in [0.5, 0.6) is 0 Å². The van der Waals surface area contributed by atoms with Crippen molar-refractivity contribution >= 4 is 76.5 Å². The fourth-order valence-corrected chi connectivity index (χ4v) is 10.4. The first-order valence-corrected chi connectivity index (χ1v) is 23.9. The van der Waals surface area contributed by atoms with Gasteiger partial charge in [-0.1, -0.05) is 175 Å². The van der Waals surface area contributed by atoms with Crippen LogP contribution < -0.4 is 5.32 Å². The van der Waals surface area contributed by atoms with Crippen molar-refractivity contribution in [2.24, 2.45) is 0 Å². The maximum atomic E-state index is 5.10. The lowest BCUT2D eigenvalue weighted by atomic mass is 9.82. The Labute approximate surface area is 393 Å². The molecule has 0 atom stereocenters. The fraction of sp³-hybridized carbons (Fsp3) is 0.159. The van der Waals surface area contributed by atoms with E-state index >= 15 is 0 Å². The predicted octanol–water partition coefficient (Wildman–Crippen LogP) is 17.6.